The van der Waals surface area contributed by atoms with E-state index in [1.807, 2.05) is 0 Å². The number of rotatable bonds is 9. The predicted octanol–water partition coefficient (Wildman–Crippen LogP) is 2.46. The third-order valence-corrected chi connectivity index (χ3v) is 2.99. The van der Waals surface area contributed by atoms with Crippen LogP contribution < -0.4 is 10.6 Å². The molecule has 1 aromatic carbocycles. The molecule has 0 heterocycles. The first kappa shape index (κ1) is 17.5. The van der Waals surface area contributed by atoms with Crippen LogP contribution in [0.5, 0.6) is 0 Å². The van der Waals surface area contributed by atoms with Crippen LogP contribution in [0.15, 0.2) is 35.3 Å². The second-order valence-corrected chi connectivity index (χ2v) is 5.48. The molecule has 0 aromatic heterocycles. The molecule has 0 spiro atoms. The van der Waals surface area contributed by atoms with Gasteiger partial charge in [-0.3, -0.25) is 4.99 Å². The van der Waals surface area contributed by atoms with Crippen molar-refractivity contribution in [2.45, 2.75) is 26.7 Å². The number of aryl methyl sites for hydroxylation is 1. The zero-order valence-corrected chi connectivity index (χ0v) is 13.6. The van der Waals surface area contributed by atoms with Crippen molar-refractivity contribution in [1.29, 1.82) is 0 Å². The van der Waals surface area contributed by atoms with Crippen LogP contribution in [0.4, 0.5) is 0 Å². The lowest BCUT2D eigenvalue weighted by Gasteiger charge is -2.12. The normalized spacial score (nSPS) is 11.7. The fraction of sp³-hybridized carbons (Fsp3) is 0.588. The minimum Gasteiger partial charge on any atom is -0.379 e. The maximum Gasteiger partial charge on any atom is 0.191 e. The molecule has 4 nitrogen and oxygen atoms in total. The average Bonchev–Trinajstić information content (AvgIpc) is 2.49. The summed E-state index contributed by atoms with van der Waals surface area (Å²) in [6.45, 7) is 7.53. The quantitative estimate of drug-likeness (QED) is 0.417. The third kappa shape index (κ3) is 9.08. The van der Waals surface area contributed by atoms with Crippen molar-refractivity contribution >= 4 is 5.96 Å². The van der Waals surface area contributed by atoms with Gasteiger partial charge in [-0.1, -0.05) is 44.2 Å². The molecule has 4 heteroatoms. The topological polar surface area (TPSA) is 45.7 Å². The van der Waals surface area contributed by atoms with E-state index in [2.05, 4.69) is 59.8 Å². The summed E-state index contributed by atoms with van der Waals surface area (Å²) < 4.78 is 5.53. The molecule has 118 valence electrons. The number of nitrogens with zero attached hydrogens (tertiary/aromatic N) is 1. The highest BCUT2D eigenvalue weighted by molar-refractivity contribution is 5.79. The summed E-state index contributed by atoms with van der Waals surface area (Å²) in [6.07, 6.45) is 2.18. The molecule has 0 saturated heterocycles. The minimum absolute atomic E-state index is 0.584. The van der Waals surface area contributed by atoms with E-state index in [1.165, 1.54) is 5.56 Å². The van der Waals surface area contributed by atoms with Crippen LogP contribution in [0.2, 0.25) is 0 Å². The Morgan fingerprint density at radius 2 is 1.86 bits per heavy atom. The lowest BCUT2D eigenvalue weighted by Crippen LogP contribution is -2.39. The van der Waals surface area contributed by atoms with E-state index in [-0.39, 0.29) is 0 Å². The molecule has 0 fully saturated rings. The van der Waals surface area contributed by atoms with Gasteiger partial charge in [0, 0.05) is 26.7 Å². The van der Waals surface area contributed by atoms with Crippen molar-refractivity contribution < 1.29 is 4.74 Å². The lowest BCUT2D eigenvalue weighted by atomic mass is 10.1. The number of nitrogens with one attached hydrogen (secondary N) is 2. The predicted molar refractivity (Wildman–Crippen MR) is 89.8 cm³/mol. The van der Waals surface area contributed by atoms with Gasteiger partial charge in [0.1, 0.15) is 0 Å². The molecule has 0 aliphatic carbocycles. The first-order valence-corrected chi connectivity index (χ1v) is 7.78. The SMILES string of the molecule is CN=C(NCCCc1ccccc1)NCCOCC(C)C. The van der Waals surface area contributed by atoms with Crippen LogP contribution in [0, 0.1) is 5.92 Å². The Morgan fingerprint density at radius 3 is 2.52 bits per heavy atom. The van der Waals surface area contributed by atoms with E-state index in [4.69, 9.17) is 4.74 Å². The van der Waals surface area contributed by atoms with E-state index >= 15 is 0 Å². The van der Waals surface area contributed by atoms with Gasteiger partial charge in [-0.25, -0.2) is 0 Å². The Balaban J connectivity index is 2.06. The van der Waals surface area contributed by atoms with Gasteiger partial charge in [0.25, 0.3) is 0 Å². The van der Waals surface area contributed by atoms with E-state index < -0.39 is 0 Å². The molecule has 2 N–H and O–H groups in total. The molecular weight excluding hydrogens is 262 g/mol. The number of guanidine groups is 1. The van der Waals surface area contributed by atoms with E-state index in [0.717, 1.165) is 38.5 Å². The zero-order chi connectivity index (χ0) is 15.3. The van der Waals surface area contributed by atoms with Crippen molar-refractivity contribution in [1.82, 2.24) is 10.6 Å². The number of hydrogen-bond donors (Lipinski definition) is 2. The van der Waals surface area contributed by atoms with Gasteiger partial charge >= 0.3 is 0 Å². The van der Waals surface area contributed by atoms with Gasteiger partial charge < -0.3 is 15.4 Å². The standard InChI is InChI=1S/C17H29N3O/c1-15(2)14-21-13-12-20-17(18-3)19-11-7-10-16-8-5-4-6-9-16/h4-6,8-9,15H,7,10-14H2,1-3H3,(H2,18,19,20). The summed E-state index contributed by atoms with van der Waals surface area (Å²) in [6, 6.07) is 10.5. The minimum atomic E-state index is 0.584. The Labute approximate surface area is 129 Å². The molecule has 21 heavy (non-hydrogen) atoms. The second-order valence-electron chi connectivity index (χ2n) is 5.48. The van der Waals surface area contributed by atoms with Crippen LogP contribution in [-0.2, 0) is 11.2 Å². The van der Waals surface area contributed by atoms with Crippen LogP contribution in [0.3, 0.4) is 0 Å². The molecule has 0 aliphatic rings. The summed E-state index contributed by atoms with van der Waals surface area (Å²) in [5.41, 5.74) is 1.38. The highest BCUT2D eigenvalue weighted by atomic mass is 16.5. The van der Waals surface area contributed by atoms with Gasteiger partial charge in [-0.05, 0) is 24.3 Å². The number of hydrogen-bond acceptors (Lipinski definition) is 2. The molecule has 0 amide bonds. The highest BCUT2D eigenvalue weighted by Crippen LogP contribution is 2.01. The van der Waals surface area contributed by atoms with Gasteiger partial charge in [0.15, 0.2) is 5.96 Å². The van der Waals surface area contributed by atoms with Crippen LogP contribution >= 0.6 is 0 Å². The van der Waals surface area contributed by atoms with Crippen LogP contribution in [-0.4, -0.2) is 39.3 Å². The molecule has 1 aromatic rings. The summed E-state index contributed by atoms with van der Waals surface area (Å²) in [7, 11) is 1.79. The fourth-order valence-corrected chi connectivity index (χ4v) is 1.93. The van der Waals surface area contributed by atoms with Gasteiger partial charge in [-0.2, -0.15) is 0 Å². The summed E-state index contributed by atoms with van der Waals surface area (Å²) in [4.78, 5) is 4.20. The Bertz CT molecular complexity index is 390. The fourth-order valence-electron chi connectivity index (χ4n) is 1.93. The average molecular weight is 291 g/mol. The molecule has 0 radical (unpaired) electrons. The van der Waals surface area contributed by atoms with Crippen molar-refractivity contribution in [3.63, 3.8) is 0 Å². The van der Waals surface area contributed by atoms with Crippen molar-refractivity contribution in [2.75, 3.05) is 33.4 Å². The molecule has 0 atom stereocenters. The third-order valence-electron chi connectivity index (χ3n) is 2.99. The number of ether oxygens (including phenoxy) is 1. The molecule has 0 unspecified atom stereocenters. The first-order chi connectivity index (χ1) is 10.2. The smallest absolute Gasteiger partial charge is 0.191 e. The Kier molecular flexibility index (Phi) is 9.29. The monoisotopic (exact) mass is 291 g/mol. The second kappa shape index (κ2) is 11.1. The highest BCUT2D eigenvalue weighted by Gasteiger charge is 1.98. The van der Waals surface area contributed by atoms with E-state index in [1.54, 1.807) is 7.05 Å². The van der Waals surface area contributed by atoms with Crippen molar-refractivity contribution in [3.8, 4) is 0 Å². The van der Waals surface area contributed by atoms with Crippen molar-refractivity contribution in [2.24, 2.45) is 10.9 Å². The molecule has 0 saturated carbocycles. The number of aliphatic imine (C=N–C) groups is 1. The molecular formula is C17H29N3O. The van der Waals surface area contributed by atoms with Crippen LogP contribution in [0.25, 0.3) is 0 Å². The van der Waals surface area contributed by atoms with Gasteiger partial charge in [-0.15, -0.1) is 0 Å². The van der Waals surface area contributed by atoms with E-state index in [0.29, 0.717) is 12.5 Å². The molecule has 1 rings (SSSR count). The lowest BCUT2D eigenvalue weighted by molar-refractivity contribution is 0.114. The Hall–Kier alpha value is -1.55. The van der Waals surface area contributed by atoms with E-state index in [9.17, 15) is 0 Å². The van der Waals surface area contributed by atoms with Crippen molar-refractivity contribution in [3.05, 3.63) is 35.9 Å². The zero-order valence-electron chi connectivity index (χ0n) is 13.6. The van der Waals surface area contributed by atoms with Crippen LogP contribution in [0.1, 0.15) is 25.8 Å². The molecule has 0 aliphatic heterocycles. The van der Waals surface area contributed by atoms with Gasteiger partial charge in [0.2, 0.25) is 0 Å². The largest absolute Gasteiger partial charge is 0.379 e. The summed E-state index contributed by atoms with van der Waals surface area (Å²) in [5.74, 6) is 1.43. The van der Waals surface area contributed by atoms with Gasteiger partial charge in [0.05, 0.1) is 6.61 Å². The summed E-state index contributed by atoms with van der Waals surface area (Å²) >= 11 is 0. The first-order valence-electron chi connectivity index (χ1n) is 7.78. The Morgan fingerprint density at radius 1 is 1.14 bits per heavy atom. The maximum atomic E-state index is 5.53. The summed E-state index contributed by atoms with van der Waals surface area (Å²) in [5, 5.41) is 6.58. The maximum absolute atomic E-state index is 5.53. The number of benzene rings is 1. The molecule has 0 bridgehead atoms.